The van der Waals surface area contributed by atoms with Crippen LogP contribution in [-0.4, -0.2) is 26.2 Å². The van der Waals surface area contributed by atoms with Gasteiger partial charge in [0.1, 0.15) is 0 Å². The lowest BCUT2D eigenvalue weighted by atomic mass is 9.47. The molecule has 0 aromatic carbocycles. The van der Waals surface area contributed by atoms with E-state index in [2.05, 4.69) is 59.6 Å². The van der Waals surface area contributed by atoms with E-state index in [1.54, 1.807) is 0 Å². The normalized spacial score (nSPS) is 59.8. The molecule has 0 radical (unpaired) electrons. The summed E-state index contributed by atoms with van der Waals surface area (Å²) in [6.07, 6.45) is 4.89. The van der Waals surface area contributed by atoms with Gasteiger partial charge in [-0.25, -0.2) is 0 Å². The van der Waals surface area contributed by atoms with Crippen LogP contribution in [0.15, 0.2) is 0 Å². The third kappa shape index (κ3) is 1.80. The molecule has 3 rings (SSSR count). The maximum atomic E-state index is 6.66. The molecule has 1 nitrogen and oxygen atoms in total. The number of halogens is 3. The van der Waals surface area contributed by atoms with Gasteiger partial charge in [0.15, 0.2) is 0 Å². The van der Waals surface area contributed by atoms with Gasteiger partial charge in [-0.15, -0.1) is 11.6 Å². The number of fused-ring (bicyclic) bond motifs is 2. The molecule has 0 amide bonds. The van der Waals surface area contributed by atoms with E-state index in [0.29, 0.717) is 15.8 Å². The van der Waals surface area contributed by atoms with Crippen LogP contribution in [0.3, 0.4) is 0 Å². The van der Waals surface area contributed by atoms with Gasteiger partial charge in [0.05, 0.1) is 16.6 Å². The average molecular weight is 415 g/mol. The molecule has 3 aliphatic rings. The van der Waals surface area contributed by atoms with E-state index < -0.39 is 0 Å². The van der Waals surface area contributed by atoms with Crippen molar-refractivity contribution in [1.82, 2.24) is 0 Å². The molecule has 0 bridgehead atoms. The van der Waals surface area contributed by atoms with Crippen LogP contribution in [0.2, 0.25) is 0 Å². The van der Waals surface area contributed by atoms with Crippen molar-refractivity contribution in [3.8, 4) is 0 Å². The highest BCUT2D eigenvalue weighted by Crippen LogP contribution is 2.72. The van der Waals surface area contributed by atoms with Crippen LogP contribution in [0.25, 0.3) is 0 Å². The van der Waals surface area contributed by atoms with Gasteiger partial charge in [-0.3, -0.25) is 0 Å². The van der Waals surface area contributed by atoms with Crippen molar-refractivity contribution in [2.45, 2.75) is 79.6 Å². The summed E-state index contributed by atoms with van der Waals surface area (Å²) >= 11 is 14.5. The highest BCUT2D eigenvalue weighted by atomic mass is 79.9. The van der Waals surface area contributed by atoms with Crippen LogP contribution in [0, 0.1) is 10.8 Å². The van der Waals surface area contributed by atoms with E-state index in [4.69, 9.17) is 16.3 Å². The third-order valence-corrected chi connectivity index (χ3v) is 10.1. The molecule has 0 aromatic rings. The van der Waals surface area contributed by atoms with E-state index in [1.165, 1.54) is 0 Å². The minimum absolute atomic E-state index is 0.0557. The fourth-order valence-electron chi connectivity index (χ4n) is 4.65. The van der Waals surface area contributed by atoms with Crippen molar-refractivity contribution in [3.05, 3.63) is 0 Å². The zero-order chi connectivity index (χ0) is 14.3. The minimum Gasteiger partial charge on any atom is -0.366 e. The van der Waals surface area contributed by atoms with Gasteiger partial charge in [0.25, 0.3) is 0 Å². The standard InChI is InChI=1S/C15H23Br2ClO/c1-12(2)9(16)7-11-14(4,19-11)15(12)6-5-13(3,18)10(17)8-15/h9-11H,5-8H2,1-4H3/t9-,10+,11-,13+,14-,15-/m1/s1. The van der Waals surface area contributed by atoms with Crippen molar-refractivity contribution < 1.29 is 4.74 Å². The zero-order valence-corrected chi connectivity index (χ0v) is 16.0. The first-order valence-electron chi connectivity index (χ1n) is 7.22. The summed E-state index contributed by atoms with van der Waals surface area (Å²) in [5, 5.41) is 0. The van der Waals surface area contributed by atoms with E-state index in [-0.39, 0.29) is 21.3 Å². The Morgan fingerprint density at radius 3 is 2.26 bits per heavy atom. The van der Waals surface area contributed by atoms with E-state index >= 15 is 0 Å². The van der Waals surface area contributed by atoms with Crippen LogP contribution in [0.5, 0.6) is 0 Å². The van der Waals surface area contributed by atoms with Crippen molar-refractivity contribution in [3.63, 3.8) is 0 Å². The number of alkyl halides is 3. The number of hydrogen-bond acceptors (Lipinski definition) is 1. The van der Waals surface area contributed by atoms with Gasteiger partial charge < -0.3 is 4.74 Å². The van der Waals surface area contributed by atoms with Crippen LogP contribution in [0.4, 0.5) is 0 Å². The summed E-state index contributed by atoms with van der Waals surface area (Å²) in [7, 11) is 0. The molecular formula is C15H23Br2ClO. The maximum Gasteiger partial charge on any atom is 0.0982 e. The number of epoxide rings is 1. The van der Waals surface area contributed by atoms with Crippen molar-refractivity contribution in [2.24, 2.45) is 10.8 Å². The van der Waals surface area contributed by atoms with Gasteiger partial charge >= 0.3 is 0 Å². The number of hydrogen-bond donors (Lipinski definition) is 0. The van der Waals surface area contributed by atoms with Gasteiger partial charge in [0, 0.05) is 15.1 Å². The lowest BCUT2D eigenvalue weighted by Gasteiger charge is -2.59. The predicted octanol–water partition coefficient (Wildman–Crippen LogP) is 5.27. The molecule has 6 atom stereocenters. The highest BCUT2D eigenvalue weighted by molar-refractivity contribution is 9.09. The average Bonchev–Trinajstić information content (AvgIpc) is 2.94. The summed E-state index contributed by atoms with van der Waals surface area (Å²) in [5.41, 5.74) is 0.508. The third-order valence-electron chi connectivity index (χ3n) is 6.55. The molecule has 4 heteroatoms. The topological polar surface area (TPSA) is 12.5 Å². The second-order valence-electron chi connectivity index (χ2n) is 7.67. The molecule has 19 heavy (non-hydrogen) atoms. The number of ether oxygens (including phenoxy) is 1. The molecule has 1 aliphatic heterocycles. The second kappa shape index (κ2) is 4.14. The summed E-state index contributed by atoms with van der Waals surface area (Å²) in [4.78, 5) is 0.760. The molecule has 1 heterocycles. The van der Waals surface area contributed by atoms with Gasteiger partial charge in [-0.05, 0) is 44.9 Å². The Morgan fingerprint density at radius 2 is 1.68 bits per heavy atom. The lowest BCUT2D eigenvalue weighted by Crippen LogP contribution is -2.61. The lowest BCUT2D eigenvalue weighted by molar-refractivity contribution is -0.0547. The minimum atomic E-state index is -0.124. The number of rotatable bonds is 0. The van der Waals surface area contributed by atoms with Crippen molar-refractivity contribution in [1.29, 1.82) is 0 Å². The smallest absolute Gasteiger partial charge is 0.0982 e. The molecule has 110 valence electrons. The Hall–Kier alpha value is 1.21. The quantitative estimate of drug-likeness (QED) is 0.389. The monoisotopic (exact) mass is 412 g/mol. The molecule has 0 aromatic heterocycles. The van der Waals surface area contributed by atoms with E-state index in [1.807, 2.05) is 0 Å². The molecule has 3 fully saturated rings. The maximum absolute atomic E-state index is 6.66. The first-order chi connectivity index (χ1) is 8.57. The largest absolute Gasteiger partial charge is 0.366 e. The first-order valence-corrected chi connectivity index (χ1v) is 9.43. The predicted molar refractivity (Wildman–Crippen MR) is 87.6 cm³/mol. The summed E-state index contributed by atoms with van der Waals surface area (Å²) < 4.78 is 6.19. The summed E-state index contributed by atoms with van der Waals surface area (Å²) in [6, 6.07) is 0. The van der Waals surface area contributed by atoms with Crippen molar-refractivity contribution in [2.75, 3.05) is 0 Å². The molecule has 2 aliphatic carbocycles. The summed E-state index contributed by atoms with van der Waals surface area (Å²) in [6.45, 7) is 9.31. The van der Waals surface area contributed by atoms with Crippen LogP contribution >= 0.6 is 43.5 Å². The van der Waals surface area contributed by atoms with Gasteiger partial charge in [0.2, 0.25) is 0 Å². The van der Waals surface area contributed by atoms with Gasteiger partial charge in [-0.1, -0.05) is 45.7 Å². The summed E-state index contributed by atoms with van der Waals surface area (Å²) in [5.74, 6) is 0. The second-order valence-corrected chi connectivity index (χ2v) is 10.7. The Bertz CT molecular complexity index is 411. The van der Waals surface area contributed by atoms with Crippen molar-refractivity contribution >= 4 is 43.5 Å². The Kier molecular flexibility index (Phi) is 3.30. The zero-order valence-electron chi connectivity index (χ0n) is 12.1. The molecule has 1 saturated heterocycles. The Morgan fingerprint density at radius 1 is 1.05 bits per heavy atom. The van der Waals surface area contributed by atoms with Crippen LogP contribution in [-0.2, 0) is 4.74 Å². The molecule has 1 spiro atoms. The molecular weight excluding hydrogens is 391 g/mol. The van der Waals surface area contributed by atoms with E-state index in [0.717, 1.165) is 25.7 Å². The van der Waals surface area contributed by atoms with E-state index in [9.17, 15) is 0 Å². The van der Waals surface area contributed by atoms with Crippen LogP contribution in [0.1, 0.15) is 53.4 Å². The molecule has 0 unspecified atom stereocenters. The first kappa shape index (κ1) is 15.1. The Balaban J connectivity index is 2.01. The highest BCUT2D eigenvalue weighted by Gasteiger charge is 2.75. The van der Waals surface area contributed by atoms with Gasteiger partial charge in [-0.2, -0.15) is 0 Å². The molecule has 0 N–H and O–H groups in total. The fraction of sp³-hybridized carbons (Fsp3) is 1.00. The SMILES string of the molecule is CC1(C)[C@H](Br)C[C@H]2O[C@@]2(C)[C@@]12CC[C@](C)(Cl)[C@@H](Br)C2. The molecule has 2 saturated carbocycles. The Labute approximate surface area is 138 Å². The fourth-order valence-corrected chi connectivity index (χ4v) is 6.38. The van der Waals surface area contributed by atoms with Crippen LogP contribution < -0.4 is 0 Å².